The Kier molecular flexibility index (Phi) is 4.96. The highest BCUT2D eigenvalue weighted by Gasteiger charge is 2.17. The summed E-state index contributed by atoms with van der Waals surface area (Å²) in [6.07, 6.45) is 0. The van der Waals surface area contributed by atoms with Gasteiger partial charge in [0.05, 0.1) is 22.4 Å². The number of hydrogen-bond acceptors (Lipinski definition) is 5. The Morgan fingerprint density at radius 2 is 2.00 bits per heavy atom. The number of thiazole rings is 1. The maximum Gasteiger partial charge on any atom is 0.230 e. The molecule has 0 saturated carbocycles. The van der Waals surface area contributed by atoms with Crippen molar-refractivity contribution in [2.24, 2.45) is 0 Å². The van der Waals surface area contributed by atoms with Crippen molar-refractivity contribution in [1.82, 2.24) is 15.0 Å². The van der Waals surface area contributed by atoms with Gasteiger partial charge in [-0.1, -0.05) is 36.0 Å². The summed E-state index contributed by atoms with van der Waals surface area (Å²) >= 11 is 3.08. The second-order valence-electron chi connectivity index (χ2n) is 6.16. The van der Waals surface area contributed by atoms with Gasteiger partial charge in [0.2, 0.25) is 5.91 Å². The van der Waals surface area contributed by atoms with Crippen molar-refractivity contribution in [3.8, 4) is 0 Å². The maximum absolute atomic E-state index is 12.1. The Morgan fingerprint density at radius 1 is 1.19 bits per heavy atom. The van der Waals surface area contributed by atoms with E-state index in [1.54, 1.807) is 23.6 Å². The number of fused-ring (bicyclic) bond motifs is 1. The van der Waals surface area contributed by atoms with E-state index in [2.05, 4.69) is 34.0 Å². The molecule has 4 aromatic rings. The summed E-state index contributed by atoms with van der Waals surface area (Å²) in [5.74, 6) is 0.637. The lowest BCUT2D eigenvalue weighted by Crippen LogP contribution is -2.22. The lowest BCUT2D eigenvalue weighted by atomic mass is 10.2. The number of para-hydroxylation sites is 1. The summed E-state index contributed by atoms with van der Waals surface area (Å²) in [5.41, 5.74) is 4.97. The summed E-state index contributed by atoms with van der Waals surface area (Å²) in [5, 5.41) is 3.55. The highest BCUT2D eigenvalue weighted by Crippen LogP contribution is 2.31. The summed E-state index contributed by atoms with van der Waals surface area (Å²) in [7, 11) is 0. The molecule has 0 radical (unpaired) electrons. The number of nitrogens with zero attached hydrogens (tertiary/aromatic N) is 3. The highest BCUT2D eigenvalue weighted by atomic mass is 32.2. The van der Waals surface area contributed by atoms with Crippen LogP contribution in [0.25, 0.3) is 11.0 Å². The molecule has 2 heterocycles. The standard InChI is InChI=1S/C20H18N4OS2/c1-13-8-9-17-18(10-13)23-19(22-17)26-11-15-12-27-20(21-15)24(14(2)25)16-6-4-3-5-7-16/h3-10,12H,11H2,1-2H3,(H,22,23). The topological polar surface area (TPSA) is 61.9 Å². The first kappa shape index (κ1) is 17.8. The molecule has 7 heteroatoms. The number of aromatic amines is 1. The van der Waals surface area contributed by atoms with Crippen LogP contribution in [0.3, 0.4) is 0 Å². The zero-order chi connectivity index (χ0) is 18.8. The molecule has 27 heavy (non-hydrogen) atoms. The Bertz CT molecular complexity index is 1090. The molecule has 0 saturated heterocycles. The van der Waals surface area contributed by atoms with Crippen LogP contribution < -0.4 is 4.90 Å². The number of anilines is 2. The fourth-order valence-electron chi connectivity index (χ4n) is 2.78. The lowest BCUT2D eigenvalue weighted by molar-refractivity contribution is -0.115. The fraction of sp³-hybridized carbons (Fsp3) is 0.150. The van der Waals surface area contributed by atoms with E-state index in [1.165, 1.54) is 16.9 Å². The Hall–Kier alpha value is -2.64. The Labute approximate surface area is 165 Å². The number of H-pyrrole nitrogens is 1. The van der Waals surface area contributed by atoms with E-state index in [0.717, 1.165) is 27.6 Å². The number of aromatic nitrogens is 3. The smallest absolute Gasteiger partial charge is 0.230 e. The van der Waals surface area contributed by atoms with Crippen LogP contribution in [0.4, 0.5) is 10.8 Å². The number of benzene rings is 2. The number of rotatable bonds is 5. The zero-order valence-corrected chi connectivity index (χ0v) is 16.6. The summed E-state index contributed by atoms with van der Waals surface area (Å²) in [4.78, 5) is 26.4. The van der Waals surface area contributed by atoms with Crippen molar-refractivity contribution in [3.05, 3.63) is 65.2 Å². The Morgan fingerprint density at radius 3 is 2.78 bits per heavy atom. The molecule has 2 aromatic carbocycles. The van der Waals surface area contributed by atoms with Crippen LogP contribution in [-0.2, 0) is 10.5 Å². The molecule has 4 rings (SSSR count). The van der Waals surface area contributed by atoms with E-state index in [9.17, 15) is 4.79 Å². The number of thioether (sulfide) groups is 1. The summed E-state index contributed by atoms with van der Waals surface area (Å²) in [6.45, 7) is 3.62. The fourth-order valence-corrected chi connectivity index (χ4v) is 4.55. The first-order valence-corrected chi connectivity index (χ1v) is 10.4. The average Bonchev–Trinajstić information content (AvgIpc) is 3.27. The predicted molar refractivity (Wildman–Crippen MR) is 112 cm³/mol. The van der Waals surface area contributed by atoms with E-state index < -0.39 is 0 Å². The molecule has 0 bridgehead atoms. The maximum atomic E-state index is 12.1. The van der Waals surface area contributed by atoms with Crippen molar-refractivity contribution < 1.29 is 4.79 Å². The number of hydrogen-bond donors (Lipinski definition) is 1. The third-order valence-corrected chi connectivity index (χ3v) is 5.81. The van der Waals surface area contributed by atoms with Crippen LogP contribution in [0, 0.1) is 6.92 Å². The van der Waals surface area contributed by atoms with Gasteiger partial charge in [-0.25, -0.2) is 9.97 Å². The number of carbonyl (C=O) groups is 1. The molecule has 5 nitrogen and oxygen atoms in total. The number of nitrogens with one attached hydrogen (secondary N) is 1. The average molecular weight is 395 g/mol. The third-order valence-electron chi connectivity index (χ3n) is 4.03. The molecule has 2 aromatic heterocycles. The second-order valence-corrected chi connectivity index (χ2v) is 7.96. The SMILES string of the molecule is CC(=O)N(c1ccccc1)c1nc(CSc2nc3ccc(C)cc3[nH]2)cs1. The Balaban J connectivity index is 1.50. The van der Waals surface area contributed by atoms with Crippen LogP contribution >= 0.6 is 23.1 Å². The van der Waals surface area contributed by atoms with E-state index in [1.807, 2.05) is 41.8 Å². The number of carbonyl (C=O) groups excluding carboxylic acids is 1. The summed E-state index contributed by atoms with van der Waals surface area (Å²) < 4.78 is 0. The van der Waals surface area contributed by atoms with E-state index >= 15 is 0 Å². The van der Waals surface area contributed by atoms with Crippen molar-refractivity contribution in [2.45, 2.75) is 24.8 Å². The van der Waals surface area contributed by atoms with Crippen LogP contribution in [0.1, 0.15) is 18.2 Å². The van der Waals surface area contributed by atoms with Gasteiger partial charge in [-0.15, -0.1) is 11.3 Å². The molecular weight excluding hydrogens is 376 g/mol. The first-order valence-electron chi connectivity index (χ1n) is 8.49. The molecule has 1 amide bonds. The predicted octanol–water partition coefficient (Wildman–Crippen LogP) is 5.30. The minimum absolute atomic E-state index is 0.0533. The highest BCUT2D eigenvalue weighted by molar-refractivity contribution is 7.98. The third kappa shape index (κ3) is 3.89. The number of imidazole rings is 1. The van der Waals surface area contributed by atoms with Crippen molar-refractivity contribution in [3.63, 3.8) is 0 Å². The molecule has 1 N–H and O–H groups in total. The van der Waals surface area contributed by atoms with E-state index in [-0.39, 0.29) is 5.91 Å². The van der Waals surface area contributed by atoms with Crippen molar-refractivity contribution in [1.29, 1.82) is 0 Å². The van der Waals surface area contributed by atoms with Crippen molar-refractivity contribution >= 4 is 50.9 Å². The van der Waals surface area contributed by atoms with Crippen LogP contribution in [0.15, 0.2) is 59.1 Å². The van der Waals surface area contributed by atoms with E-state index in [4.69, 9.17) is 0 Å². The quantitative estimate of drug-likeness (QED) is 0.466. The van der Waals surface area contributed by atoms with Gasteiger partial charge in [0, 0.05) is 18.1 Å². The van der Waals surface area contributed by atoms with Gasteiger partial charge in [0.25, 0.3) is 0 Å². The zero-order valence-electron chi connectivity index (χ0n) is 15.0. The van der Waals surface area contributed by atoms with Gasteiger partial charge >= 0.3 is 0 Å². The van der Waals surface area contributed by atoms with E-state index in [0.29, 0.717) is 10.9 Å². The van der Waals surface area contributed by atoms with Gasteiger partial charge in [-0.2, -0.15) is 0 Å². The molecule has 136 valence electrons. The minimum Gasteiger partial charge on any atom is -0.333 e. The summed E-state index contributed by atoms with van der Waals surface area (Å²) in [6, 6.07) is 15.8. The largest absolute Gasteiger partial charge is 0.333 e. The molecule has 0 unspecified atom stereocenters. The molecule has 0 atom stereocenters. The normalized spacial score (nSPS) is 11.0. The van der Waals surface area contributed by atoms with Crippen molar-refractivity contribution in [2.75, 3.05) is 4.90 Å². The second kappa shape index (κ2) is 7.54. The van der Waals surface area contributed by atoms with Crippen LogP contribution in [0.5, 0.6) is 0 Å². The monoisotopic (exact) mass is 394 g/mol. The van der Waals surface area contributed by atoms with Gasteiger partial charge < -0.3 is 4.98 Å². The van der Waals surface area contributed by atoms with Gasteiger partial charge in [0.15, 0.2) is 10.3 Å². The first-order chi connectivity index (χ1) is 13.1. The van der Waals surface area contributed by atoms with Crippen LogP contribution in [-0.4, -0.2) is 20.9 Å². The van der Waals surface area contributed by atoms with Gasteiger partial charge in [-0.3, -0.25) is 9.69 Å². The number of amides is 1. The molecule has 0 fully saturated rings. The number of aryl methyl sites for hydroxylation is 1. The lowest BCUT2D eigenvalue weighted by Gasteiger charge is -2.17. The molecule has 0 spiro atoms. The molecular formula is C20H18N4OS2. The molecule has 0 aliphatic rings. The van der Waals surface area contributed by atoms with Gasteiger partial charge in [-0.05, 0) is 36.8 Å². The molecule has 0 aliphatic heterocycles. The van der Waals surface area contributed by atoms with Gasteiger partial charge in [0.1, 0.15) is 0 Å². The molecule has 0 aliphatic carbocycles. The van der Waals surface area contributed by atoms with Crippen LogP contribution in [0.2, 0.25) is 0 Å². The minimum atomic E-state index is -0.0533.